The molecule has 2 heterocycles. The van der Waals surface area contributed by atoms with Crippen LogP contribution in [-0.2, 0) is 19.2 Å². The highest BCUT2D eigenvalue weighted by Gasteiger charge is 2.64. The number of carbonyl (C=O) groups is 3. The number of amides is 2. The normalized spacial score (nSPS) is 27.5. The van der Waals surface area contributed by atoms with Crippen LogP contribution in [0, 0.1) is 5.82 Å². The van der Waals surface area contributed by atoms with Crippen molar-refractivity contribution in [1.29, 1.82) is 0 Å². The fraction of sp³-hybridized carbons (Fsp3) is 0.545. The van der Waals surface area contributed by atoms with Gasteiger partial charge < -0.3 is 20.2 Å². The monoisotopic (exact) mass is 463 g/mol. The van der Waals surface area contributed by atoms with E-state index in [9.17, 15) is 23.9 Å². The van der Waals surface area contributed by atoms with Gasteiger partial charge in [-0.15, -0.1) is 11.8 Å². The molecular formula is C22H26FN3O5S. The van der Waals surface area contributed by atoms with Gasteiger partial charge in [0, 0.05) is 10.3 Å². The topological polar surface area (TPSA) is 108 Å². The summed E-state index contributed by atoms with van der Waals surface area (Å²) in [4.78, 5) is 44.3. The van der Waals surface area contributed by atoms with Gasteiger partial charge in [-0.25, -0.2) is 9.18 Å². The third kappa shape index (κ3) is 4.07. The molecule has 0 radical (unpaired) electrons. The van der Waals surface area contributed by atoms with Crippen molar-refractivity contribution in [2.75, 3.05) is 0 Å². The van der Waals surface area contributed by atoms with Crippen LogP contribution in [0.3, 0.4) is 0 Å². The molecule has 3 atom stereocenters. The molecular weight excluding hydrogens is 437 g/mol. The molecule has 1 saturated carbocycles. The first-order chi connectivity index (χ1) is 15.2. The molecule has 2 saturated heterocycles. The number of carbonyl (C=O) groups excluding carboxylic acids is 2. The summed E-state index contributed by atoms with van der Waals surface area (Å²) < 4.78 is 13.8. The number of carboxylic acids is 1. The fourth-order valence-corrected chi connectivity index (χ4v) is 6.14. The molecule has 32 heavy (non-hydrogen) atoms. The van der Waals surface area contributed by atoms with E-state index in [1.54, 1.807) is 19.9 Å². The summed E-state index contributed by atoms with van der Waals surface area (Å²) in [7, 11) is 0. The third-order valence-corrected chi connectivity index (χ3v) is 7.72. The van der Waals surface area contributed by atoms with Gasteiger partial charge in [0.15, 0.2) is 5.71 Å². The summed E-state index contributed by atoms with van der Waals surface area (Å²) in [5.41, 5.74) is -0.260. The summed E-state index contributed by atoms with van der Waals surface area (Å²) in [6.07, 6.45) is 4.63. The number of halogens is 1. The minimum Gasteiger partial charge on any atom is -0.480 e. The number of hydrogen-bond acceptors (Lipinski definition) is 6. The Morgan fingerprint density at radius 2 is 1.94 bits per heavy atom. The van der Waals surface area contributed by atoms with Gasteiger partial charge in [0.1, 0.15) is 29.4 Å². The van der Waals surface area contributed by atoms with Gasteiger partial charge in [-0.05, 0) is 51.7 Å². The summed E-state index contributed by atoms with van der Waals surface area (Å²) in [6.45, 7) is 3.51. The molecule has 1 aromatic rings. The van der Waals surface area contributed by atoms with Gasteiger partial charge in [0.25, 0.3) is 5.91 Å². The van der Waals surface area contributed by atoms with E-state index >= 15 is 0 Å². The average molecular weight is 464 g/mol. The zero-order chi connectivity index (χ0) is 23.0. The highest BCUT2D eigenvalue weighted by molar-refractivity contribution is 8.01. The molecule has 172 valence electrons. The van der Waals surface area contributed by atoms with E-state index in [2.05, 4.69) is 10.5 Å². The molecule has 4 rings (SSSR count). The number of hydrogen-bond donors (Lipinski definition) is 2. The fourth-order valence-electron chi connectivity index (χ4n) is 4.52. The number of oxime groups is 1. The Bertz CT molecular complexity index is 963. The summed E-state index contributed by atoms with van der Waals surface area (Å²) in [5.74, 6) is -2.92. The molecule has 0 bridgehead atoms. The first-order valence-corrected chi connectivity index (χ1v) is 11.6. The van der Waals surface area contributed by atoms with Gasteiger partial charge in [-0.2, -0.15) is 0 Å². The Balaban J connectivity index is 1.54. The molecule has 3 aliphatic rings. The lowest BCUT2D eigenvalue weighted by Crippen LogP contribution is -2.71. The maximum Gasteiger partial charge on any atom is 0.327 e. The van der Waals surface area contributed by atoms with E-state index < -0.39 is 45.8 Å². The number of nitrogens with one attached hydrogen (secondary N) is 1. The molecule has 8 nitrogen and oxygen atoms in total. The van der Waals surface area contributed by atoms with Crippen LogP contribution < -0.4 is 5.32 Å². The summed E-state index contributed by atoms with van der Waals surface area (Å²) in [5, 5.41) is 15.7. The average Bonchev–Trinajstić information content (AvgIpc) is 3.02. The molecule has 0 aromatic heterocycles. The van der Waals surface area contributed by atoms with Crippen LogP contribution in [0.4, 0.5) is 4.39 Å². The number of benzene rings is 1. The Morgan fingerprint density at radius 3 is 2.59 bits per heavy atom. The maximum atomic E-state index is 14.5. The Labute approximate surface area is 189 Å². The van der Waals surface area contributed by atoms with E-state index in [-0.39, 0.29) is 17.4 Å². The predicted molar refractivity (Wildman–Crippen MR) is 117 cm³/mol. The minimum atomic E-state index is -1.09. The highest BCUT2D eigenvalue weighted by Crippen LogP contribution is 2.50. The lowest BCUT2D eigenvalue weighted by atomic mass is 9.96. The lowest BCUT2D eigenvalue weighted by molar-refractivity contribution is -0.160. The maximum absolute atomic E-state index is 14.5. The lowest BCUT2D eigenvalue weighted by Gasteiger charge is -2.43. The number of rotatable bonds is 6. The van der Waals surface area contributed by atoms with Crippen molar-refractivity contribution in [3.05, 3.63) is 35.6 Å². The van der Waals surface area contributed by atoms with E-state index in [1.165, 1.54) is 34.9 Å². The van der Waals surface area contributed by atoms with Crippen LogP contribution in [-0.4, -0.2) is 61.8 Å². The van der Waals surface area contributed by atoms with E-state index in [4.69, 9.17) is 4.84 Å². The molecule has 3 fully saturated rings. The molecule has 2 amide bonds. The van der Waals surface area contributed by atoms with Crippen LogP contribution in [0.1, 0.15) is 51.5 Å². The van der Waals surface area contributed by atoms with Crippen LogP contribution in [0.2, 0.25) is 0 Å². The van der Waals surface area contributed by atoms with Crippen LogP contribution >= 0.6 is 11.8 Å². The zero-order valence-electron chi connectivity index (χ0n) is 17.9. The van der Waals surface area contributed by atoms with Gasteiger partial charge in [0.05, 0.1) is 0 Å². The standard InChI is InChI=1S/C22H26FN3O5S/c1-22(2)17(21(29)30)26-19(28)16(20(26)32-22)24-18(27)15(13-10-6-7-11-14(13)23)25-31-12-8-4-3-5-9-12/h6-7,10-12,16-17,20H,3-5,8-9H2,1-2H3,(H,24,27)(H,29,30)/b25-15-/t16-,17-,20+/m0/s1. The van der Waals surface area contributed by atoms with E-state index in [0.717, 1.165) is 32.1 Å². The Kier molecular flexibility index (Phi) is 6.15. The second-order valence-corrected chi connectivity index (χ2v) is 10.6. The van der Waals surface area contributed by atoms with Crippen molar-refractivity contribution in [3.63, 3.8) is 0 Å². The second-order valence-electron chi connectivity index (χ2n) is 8.83. The van der Waals surface area contributed by atoms with Gasteiger partial charge in [-0.3, -0.25) is 9.59 Å². The van der Waals surface area contributed by atoms with Crippen molar-refractivity contribution in [1.82, 2.24) is 10.2 Å². The Hall–Kier alpha value is -2.62. The number of aliphatic carboxylic acids is 1. The number of carboxylic acid groups (broad SMARTS) is 1. The molecule has 1 aliphatic carbocycles. The number of fused-ring (bicyclic) bond motifs is 1. The molecule has 0 spiro atoms. The van der Waals surface area contributed by atoms with Crippen molar-refractivity contribution in [3.8, 4) is 0 Å². The molecule has 10 heteroatoms. The zero-order valence-corrected chi connectivity index (χ0v) is 18.7. The molecule has 2 aliphatic heterocycles. The van der Waals surface area contributed by atoms with Crippen molar-refractivity contribution < 1.29 is 28.7 Å². The highest BCUT2D eigenvalue weighted by atomic mass is 32.2. The van der Waals surface area contributed by atoms with Gasteiger partial charge in [-0.1, -0.05) is 23.7 Å². The van der Waals surface area contributed by atoms with Gasteiger partial charge in [0.2, 0.25) is 5.91 Å². The third-order valence-electron chi connectivity index (χ3n) is 6.15. The number of β-lactam (4-membered cyclic amide) rings is 1. The quantitative estimate of drug-likeness (QED) is 0.381. The SMILES string of the molecule is CC1(C)S[C@@H]2[C@@H](NC(=O)/C(=N\OC3CCCCC3)c3ccccc3F)C(=O)N2[C@H]1C(=O)O. The second kappa shape index (κ2) is 8.73. The van der Waals surface area contributed by atoms with Crippen molar-refractivity contribution >= 4 is 35.3 Å². The Morgan fingerprint density at radius 1 is 1.25 bits per heavy atom. The van der Waals surface area contributed by atoms with Crippen molar-refractivity contribution in [2.24, 2.45) is 5.16 Å². The van der Waals surface area contributed by atoms with E-state index in [1.807, 2.05) is 0 Å². The molecule has 0 unspecified atom stereocenters. The van der Waals surface area contributed by atoms with Crippen molar-refractivity contribution in [2.45, 2.75) is 74.3 Å². The van der Waals surface area contributed by atoms with Crippen LogP contribution in [0.5, 0.6) is 0 Å². The largest absolute Gasteiger partial charge is 0.480 e. The first-order valence-electron chi connectivity index (χ1n) is 10.7. The predicted octanol–water partition coefficient (Wildman–Crippen LogP) is 2.51. The molecule has 2 N–H and O–H groups in total. The molecule has 1 aromatic carbocycles. The number of thioether (sulfide) groups is 1. The smallest absolute Gasteiger partial charge is 0.327 e. The van der Waals surface area contributed by atoms with E-state index in [0.29, 0.717) is 0 Å². The van der Waals surface area contributed by atoms with Crippen LogP contribution in [0.15, 0.2) is 29.4 Å². The minimum absolute atomic E-state index is 0.0211. The van der Waals surface area contributed by atoms with Crippen LogP contribution in [0.25, 0.3) is 0 Å². The van der Waals surface area contributed by atoms with Gasteiger partial charge >= 0.3 is 5.97 Å². The summed E-state index contributed by atoms with van der Waals surface area (Å²) in [6, 6.07) is 3.86. The number of nitrogens with zero attached hydrogens (tertiary/aromatic N) is 2. The first kappa shape index (κ1) is 22.6. The summed E-state index contributed by atoms with van der Waals surface area (Å²) >= 11 is 1.32.